The van der Waals surface area contributed by atoms with E-state index in [4.69, 9.17) is 11.6 Å². The van der Waals surface area contributed by atoms with Crippen molar-refractivity contribution in [2.24, 2.45) is 0 Å². The van der Waals surface area contributed by atoms with E-state index < -0.39 is 11.9 Å². The molecule has 1 aromatic rings. The summed E-state index contributed by atoms with van der Waals surface area (Å²) in [6, 6.07) is 4.36. The molecule has 1 saturated heterocycles. The van der Waals surface area contributed by atoms with Gasteiger partial charge in [0.05, 0.1) is 17.5 Å². The van der Waals surface area contributed by atoms with Crippen molar-refractivity contribution in [1.82, 2.24) is 15.5 Å². The highest BCUT2D eigenvalue weighted by Gasteiger charge is 2.33. The van der Waals surface area contributed by atoms with Crippen LogP contribution in [0.5, 0.6) is 0 Å². The van der Waals surface area contributed by atoms with Crippen LogP contribution in [0.2, 0.25) is 5.02 Å². The second-order valence-corrected chi connectivity index (χ2v) is 6.48. The molecule has 1 aliphatic heterocycles. The Morgan fingerprint density at radius 1 is 1.43 bits per heavy atom. The van der Waals surface area contributed by atoms with E-state index in [9.17, 15) is 14.0 Å². The molecule has 1 atom stereocenters. The van der Waals surface area contributed by atoms with E-state index in [2.05, 4.69) is 10.6 Å². The Morgan fingerprint density at radius 2 is 2.22 bits per heavy atom. The number of carbonyl (C=O) groups excluding carboxylic acids is 2. The summed E-state index contributed by atoms with van der Waals surface area (Å²) < 4.78 is 13.6. The number of amides is 2. The predicted octanol–water partition coefficient (Wildman–Crippen LogP) is 1.45. The fraction of sp³-hybridized carbons (Fsp3) is 0.500. The van der Waals surface area contributed by atoms with Gasteiger partial charge in [-0.3, -0.25) is 14.5 Å². The van der Waals surface area contributed by atoms with Crippen molar-refractivity contribution < 1.29 is 14.0 Å². The Hall–Kier alpha value is -1.66. The number of halogens is 2. The fourth-order valence-electron chi connectivity index (χ4n) is 2.74. The van der Waals surface area contributed by atoms with Crippen molar-refractivity contribution in [2.45, 2.75) is 37.9 Å². The number of hydrogen-bond acceptors (Lipinski definition) is 3. The van der Waals surface area contributed by atoms with Gasteiger partial charge in [0.2, 0.25) is 11.8 Å². The van der Waals surface area contributed by atoms with Crippen LogP contribution < -0.4 is 10.6 Å². The Kier molecular flexibility index (Phi) is 4.82. The quantitative estimate of drug-likeness (QED) is 0.853. The van der Waals surface area contributed by atoms with Gasteiger partial charge in [0.15, 0.2) is 0 Å². The molecular formula is C16H19ClFN3O2. The highest BCUT2D eigenvalue weighted by molar-refractivity contribution is 6.30. The lowest BCUT2D eigenvalue weighted by atomic mass is 10.1. The van der Waals surface area contributed by atoms with Gasteiger partial charge in [-0.2, -0.15) is 0 Å². The third-order valence-corrected chi connectivity index (χ3v) is 4.44. The fourth-order valence-corrected chi connectivity index (χ4v) is 2.85. The molecule has 0 spiro atoms. The van der Waals surface area contributed by atoms with E-state index in [0.717, 1.165) is 18.4 Å². The molecule has 2 fully saturated rings. The van der Waals surface area contributed by atoms with Crippen molar-refractivity contribution >= 4 is 23.4 Å². The maximum atomic E-state index is 13.6. The standard InChI is InChI=1S/C16H19ClFN3O2/c17-12-4-1-10(7-13(12)18)9-21-6-5-19-16(23)14(21)8-15(22)20-11-2-3-11/h1,4,7,11,14H,2-3,5-6,8-9H2,(H,19,23)(H,20,22)/t14-/m0/s1. The van der Waals surface area contributed by atoms with Crippen LogP contribution in [-0.2, 0) is 16.1 Å². The Balaban J connectivity index is 1.67. The first-order chi connectivity index (χ1) is 11.0. The van der Waals surface area contributed by atoms with E-state index in [0.29, 0.717) is 19.6 Å². The molecule has 7 heteroatoms. The largest absolute Gasteiger partial charge is 0.353 e. The third-order valence-electron chi connectivity index (χ3n) is 4.13. The first-order valence-electron chi connectivity index (χ1n) is 7.78. The highest BCUT2D eigenvalue weighted by Crippen LogP contribution is 2.21. The molecule has 2 amide bonds. The maximum absolute atomic E-state index is 13.6. The van der Waals surface area contributed by atoms with Crippen LogP contribution in [-0.4, -0.2) is 41.9 Å². The molecule has 0 aromatic heterocycles. The summed E-state index contributed by atoms with van der Waals surface area (Å²) >= 11 is 5.69. The molecule has 5 nitrogen and oxygen atoms in total. The van der Waals surface area contributed by atoms with Gasteiger partial charge in [-0.1, -0.05) is 17.7 Å². The van der Waals surface area contributed by atoms with Crippen LogP contribution in [0.25, 0.3) is 0 Å². The maximum Gasteiger partial charge on any atom is 0.237 e. The molecule has 1 aromatic carbocycles. The van der Waals surface area contributed by atoms with Crippen LogP contribution in [0.4, 0.5) is 4.39 Å². The van der Waals surface area contributed by atoms with Crippen molar-refractivity contribution in [3.63, 3.8) is 0 Å². The molecule has 0 bridgehead atoms. The summed E-state index contributed by atoms with van der Waals surface area (Å²) in [5, 5.41) is 5.76. The summed E-state index contributed by atoms with van der Waals surface area (Å²) in [7, 11) is 0. The summed E-state index contributed by atoms with van der Waals surface area (Å²) in [5.74, 6) is -0.743. The van der Waals surface area contributed by atoms with E-state index in [-0.39, 0.29) is 29.3 Å². The van der Waals surface area contributed by atoms with Crippen LogP contribution in [0, 0.1) is 5.82 Å². The van der Waals surface area contributed by atoms with Gasteiger partial charge in [0.1, 0.15) is 5.82 Å². The number of rotatable bonds is 5. The van der Waals surface area contributed by atoms with Crippen molar-refractivity contribution in [3.8, 4) is 0 Å². The number of nitrogens with zero attached hydrogens (tertiary/aromatic N) is 1. The topological polar surface area (TPSA) is 61.4 Å². The van der Waals surface area contributed by atoms with Crippen LogP contribution in [0.15, 0.2) is 18.2 Å². The van der Waals surface area contributed by atoms with Crippen LogP contribution >= 0.6 is 11.6 Å². The minimum absolute atomic E-state index is 0.0745. The number of piperazine rings is 1. The first kappa shape index (κ1) is 16.2. The average molecular weight is 340 g/mol. The van der Waals surface area contributed by atoms with Crippen LogP contribution in [0.3, 0.4) is 0 Å². The lowest BCUT2D eigenvalue weighted by Crippen LogP contribution is -2.56. The smallest absolute Gasteiger partial charge is 0.237 e. The summed E-state index contributed by atoms with van der Waals surface area (Å²) in [6.45, 7) is 1.55. The van der Waals surface area contributed by atoms with E-state index in [1.54, 1.807) is 6.07 Å². The first-order valence-corrected chi connectivity index (χ1v) is 8.16. The highest BCUT2D eigenvalue weighted by atomic mass is 35.5. The lowest BCUT2D eigenvalue weighted by Gasteiger charge is -2.34. The zero-order valence-electron chi connectivity index (χ0n) is 12.6. The minimum Gasteiger partial charge on any atom is -0.353 e. The lowest BCUT2D eigenvalue weighted by molar-refractivity contribution is -0.134. The molecule has 3 rings (SSSR count). The Morgan fingerprint density at radius 3 is 2.91 bits per heavy atom. The van der Waals surface area contributed by atoms with Gasteiger partial charge in [0.25, 0.3) is 0 Å². The van der Waals surface area contributed by atoms with Gasteiger partial charge in [0, 0.05) is 25.7 Å². The normalized spacial score (nSPS) is 21.8. The number of benzene rings is 1. The molecule has 0 unspecified atom stereocenters. The molecule has 1 heterocycles. The van der Waals surface area contributed by atoms with E-state index >= 15 is 0 Å². The van der Waals surface area contributed by atoms with Gasteiger partial charge in [-0.15, -0.1) is 0 Å². The van der Waals surface area contributed by atoms with E-state index in [1.165, 1.54) is 12.1 Å². The van der Waals surface area contributed by atoms with Gasteiger partial charge in [-0.05, 0) is 30.5 Å². The van der Waals surface area contributed by atoms with Crippen molar-refractivity contribution in [2.75, 3.05) is 13.1 Å². The average Bonchev–Trinajstić information content (AvgIpc) is 3.30. The Labute approximate surface area is 139 Å². The molecular weight excluding hydrogens is 321 g/mol. The number of carbonyl (C=O) groups is 2. The Bertz CT molecular complexity index is 621. The molecule has 1 saturated carbocycles. The zero-order valence-corrected chi connectivity index (χ0v) is 13.4. The molecule has 2 N–H and O–H groups in total. The number of hydrogen-bond donors (Lipinski definition) is 2. The minimum atomic E-state index is -0.527. The summed E-state index contributed by atoms with van der Waals surface area (Å²) in [6.07, 6.45) is 2.14. The number of nitrogens with one attached hydrogen (secondary N) is 2. The second kappa shape index (κ2) is 6.84. The predicted molar refractivity (Wildman–Crippen MR) is 84.4 cm³/mol. The van der Waals surface area contributed by atoms with E-state index in [1.807, 2.05) is 4.90 Å². The second-order valence-electron chi connectivity index (χ2n) is 6.07. The van der Waals surface area contributed by atoms with Gasteiger partial charge >= 0.3 is 0 Å². The van der Waals surface area contributed by atoms with Gasteiger partial charge in [-0.25, -0.2) is 4.39 Å². The molecule has 23 heavy (non-hydrogen) atoms. The third kappa shape index (κ3) is 4.20. The zero-order chi connectivity index (χ0) is 16.4. The molecule has 1 aliphatic carbocycles. The van der Waals surface area contributed by atoms with Crippen LogP contribution in [0.1, 0.15) is 24.8 Å². The SMILES string of the molecule is O=C(C[C@H]1C(=O)NCCN1Cc1ccc(Cl)c(F)c1)NC1CC1. The summed E-state index contributed by atoms with van der Waals surface area (Å²) in [5.41, 5.74) is 0.731. The van der Waals surface area contributed by atoms with Crippen molar-refractivity contribution in [3.05, 3.63) is 34.6 Å². The molecule has 0 radical (unpaired) electrons. The molecule has 124 valence electrons. The monoisotopic (exact) mass is 339 g/mol. The van der Waals surface area contributed by atoms with Crippen molar-refractivity contribution in [1.29, 1.82) is 0 Å². The molecule has 2 aliphatic rings. The summed E-state index contributed by atoms with van der Waals surface area (Å²) in [4.78, 5) is 26.0. The van der Waals surface area contributed by atoms with Gasteiger partial charge < -0.3 is 10.6 Å².